The van der Waals surface area contributed by atoms with E-state index in [-0.39, 0.29) is 12.3 Å². The van der Waals surface area contributed by atoms with E-state index in [1.54, 1.807) is 0 Å². The third kappa shape index (κ3) is 4.91. The lowest BCUT2D eigenvalue weighted by Gasteiger charge is -2.19. The van der Waals surface area contributed by atoms with Crippen LogP contribution in [0.1, 0.15) is 43.9 Å². The normalized spacial score (nSPS) is 13.9. The summed E-state index contributed by atoms with van der Waals surface area (Å²) in [7, 11) is 0. The average molecular weight is 266 g/mol. The molecule has 4 nitrogen and oxygen atoms in total. The summed E-state index contributed by atoms with van der Waals surface area (Å²) in [6, 6.07) is 5.67. The van der Waals surface area contributed by atoms with Gasteiger partial charge in [-0.15, -0.1) is 0 Å². The molecule has 0 radical (unpaired) electrons. The molecule has 0 amide bonds. The molecule has 4 heteroatoms. The molecule has 0 saturated carbocycles. The van der Waals surface area contributed by atoms with E-state index in [0.29, 0.717) is 18.8 Å². The summed E-state index contributed by atoms with van der Waals surface area (Å²) in [6.45, 7) is 6.21. The van der Waals surface area contributed by atoms with Crippen LogP contribution in [0.3, 0.4) is 0 Å². The highest BCUT2D eigenvalue weighted by molar-refractivity contribution is 5.66. The van der Waals surface area contributed by atoms with Crippen molar-refractivity contribution in [3.05, 3.63) is 29.3 Å². The fourth-order valence-electron chi connectivity index (χ4n) is 2.10. The van der Waals surface area contributed by atoms with E-state index in [4.69, 9.17) is 9.84 Å². The van der Waals surface area contributed by atoms with Gasteiger partial charge in [-0.1, -0.05) is 18.6 Å². The molecular formula is C15H22O4. The van der Waals surface area contributed by atoms with Gasteiger partial charge in [0.05, 0.1) is 12.7 Å². The Balaban J connectivity index is 2.82. The Hall–Kier alpha value is -1.55. The number of aliphatic carboxylic acids is 1. The van der Waals surface area contributed by atoms with Gasteiger partial charge in [-0.2, -0.15) is 0 Å². The summed E-state index contributed by atoms with van der Waals surface area (Å²) in [5, 5.41) is 19.0. The van der Waals surface area contributed by atoms with Gasteiger partial charge in [-0.05, 0) is 38.3 Å². The van der Waals surface area contributed by atoms with Gasteiger partial charge in [0.15, 0.2) is 0 Å². The van der Waals surface area contributed by atoms with Crippen molar-refractivity contribution in [2.45, 2.75) is 39.7 Å². The van der Waals surface area contributed by atoms with Gasteiger partial charge in [0.25, 0.3) is 0 Å². The number of aryl methyl sites for hydroxylation is 1. The highest BCUT2D eigenvalue weighted by Gasteiger charge is 2.18. The first kappa shape index (κ1) is 15.5. The number of hydrogen-bond donors (Lipinski definition) is 2. The summed E-state index contributed by atoms with van der Waals surface area (Å²) in [4.78, 5) is 10.6. The number of carboxylic acid groups (broad SMARTS) is 1. The lowest BCUT2D eigenvalue weighted by molar-refractivity contribution is -0.138. The third-order valence-corrected chi connectivity index (χ3v) is 2.97. The third-order valence-electron chi connectivity index (χ3n) is 2.97. The van der Waals surface area contributed by atoms with Crippen LogP contribution < -0.4 is 4.74 Å². The Morgan fingerprint density at radius 1 is 1.42 bits per heavy atom. The van der Waals surface area contributed by atoms with E-state index < -0.39 is 12.1 Å². The second-order valence-corrected chi connectivity index (χ2v) is 4.93. The molecule has 1 rings (SSSR count). The van der Waals surface area contributed by atoms with Crippen molar-refractivity contribution in [2.24, 2.45) is 5.92 Å². The molecular weight excluding hydrogens is 244 g/mol. The van der Waals surface area contributed by atoms with Crippen LogP contribution in [0.4, 0.5) is 0 Å². The SMILES string of the molecule is CCOc1ccc(C)cc1C(O)CC(C)CC(=O)O. The van der Waals surface area contributed by atoms with Crippen LogP contribution in [0, 0.1) is 12.8 Å². The van der Waals surface area contributed by atoms with Crippen molar-refractivity contribution in [2.75, 3.05) is 6.61 Å². The molecule has 0 saturated heterocycles. The van der Waals surface area contributed by atoms with Crippen molar-refractivity contribution < 1.29 is 19.7 Å². The number of rotatable bonds is 7. The summed E-state index contributed by atoms with van der Waals surface area (Å²) in [5.74, 6) is -0.250. The molecule has 1 aromatic carbocycles. The molecule has 1 aromatic rings. The monoisotopic (exact) mass is 266 g/mol. The maximum atomic E-state index is 10.6. The zero-order valence-electron chi connectivity index (χ0n) is 11.7. The van der Waals surface area contributed by atoms with Crippen molar-refractivity contribution in [1.82, 2.24) is 0 Å². The highest BCUT2D eigenvalue weighted by Crippen LogP contribution is 2.31. The molecule has 0 aliphatic rings. The van der Waals surface area contributed by atoms with Gasteiger partial charge < -0.3 is 14.9 Å². The smallest absolute Gasteiger partial charge is 0.303 e. The van der Waals surface area contributed by atoms with Gasteiger partial charge in [0.1, 0.15) is 5.75 Å². The first-order valence-electron chi connectivity index (χ1n) is 6.57. The van der Waals surface area contributed by atoms with Gasteiger partial charge in [0.2, 0.25) is 0 Å². The quantitative estimate of drug-likeness (QED) is 0.796. The Morgan fingerprint density at radius 3 is 2.68 bits per heavy atom. The maximum Gasteiger partial charge on any atom is 0.303 e. The first-order chi connectivity index (χ1) is 8.93. The fourth-order valence-corrected chi connectivity index (χ4v) is 2.10. The van der Waals surface area contributed by atoms with Crippen molar-refractivity contribution in [3.8, 4) is 5.75 Å². The van der Waals surface area contributed by atoms with Crippen LogP contribution in [0.2, 0.25) is 0 Å². The molecule has 0 aliphatic carbocycles. The van der Waals surface area contributed by atoms with Crippen molar-refractivity contribution in [3.63, 3.8) is 0 Å². The second-order valence-electron chi connectivity index (χ2n) is 4.93. The zero-order valence-corrected chi connectivity index (χ0v) is 11.7. The summed E-state index contributed by atoms with van der Waals surface area (Å²) < 4.78 is 5.50. The van der Waals surface area contributed by atoms with E-state index in [1.807, 2.05) is 39.0 Å². The minimum Gasteiger partial charge on any atom is -0.493 e. The average Bonchev–Trinajstić information content (AvgIpc) is 2.30. The predicted molar refractivity (Wildman–Crippen MR) is 73.3 cm³/mol. The molecule has 0 heterocycles. The summed E-state index contributed by atoms with van der Waals surface area (Å²) >= 11 is 0. The van der Waals surface area contributed by atoms with Gasteiger partial charge >= 0.3 is 5.97 Å². The lowest BCUT2D eigenvalue weighted by atomic mass is 9.94. The van der Waals surface area contributed by atoms with Crippen molar-refractivity contribution in [1.29, 1.82) is 0 Å². The molecule has 0 aliphatic heterocycles. The fraction of sp³-hybridized carbons (Fsp3) is 0.533. The number of carboxylic acids is 1. The number of aliphatic hydroxyl groups excluding tert-OH is 1. The Labute approximate surface area is 114 Å². The number of aliphatic hydroxyl groups is 1. The van der Waals surface area contributed by atoms with Crippen LogP contribution >= 0.6 is 0 Å². The molecule has 0 aromatic heterocycles. The predicted octanol–water partition coefficient (Wildman–Crippen LogP) is 2.93. The van der Waals surface area contributed by atoms with Crippen LogP contribution in [0.25, 0.3) is 0 Å². The molecule has 2 N–H and O–H groups in total. The van der Waals surface area contributed by atoms with E-state index >= 15 is 0 Å². The van der Waals surface area contributed by atoms with Gasteiger partial charge in [-0.3, -0.25) is 4.79 Å². The van der Waals surface area contributed by atoms with Gasteiger partial charge in [0, 0.05) is 12.0 Å². The zero-order chi connectivity index (χ0) is 14.4. The molecule has 0 bridgehead atoms. The Kier molecular flexibility index (Phi) is 5.83. The maximum absolute atomic E-state index is 10.6. The molecule has 0 spiro atoms. The molecule has 2 unspecified atom stereocenters. The van der Waals surface area contributed by atoms with Crippen LogP contribution in [-0.2, 0) is 4.79 Å². The van der Waals surface area contributed by atoms with Crippen LogP contribution in [-0.4, -0.2) is 22.8 Å². The largest absolute Gasteiger partial charge is 0.493 e. The minimum absolute atomic E-state index is 0.0623. The molecule has 0 fully saturated rings. The Morgan fingerprint density at radius 2 is 2.11 bits per heavy atom. The molecule has 106 valence electrons. The summed E-state index contributed by atoms with van der Waals surface area (Å²) in [5.41, 5.74) is 1.78. The lowest BCUT2D eigenvalue weighted by Crippen LogP contribution is -2.10. The second kappa shape index (κ2) is 7.14. The van der Waals surface area contributed by atoms with Gasteiger partial charge in [-0.25, -0.2) is 0 Å². The van der Waals surface area contributed by atoms with E-state index in [0.717, 1.165) is 11.1 Å². The number of carbonyl (C=O) groups is 1. The highest BCUT2D eigenvalue weighted by atomic mass is 16.5. The van der Waals surface area contributed by atoms with E-state index in [1.165, 1.54) is 0 Å². The molecule has 19 heavy (non-hydrogen) atoms. The number of benzene rings is 1. The number of hydrogen-bond acceptors (Lipinski definition) is 3. The Bertz CT molecular complexity index is 428. The minimum atomic E-state index is -0.839. The molecule has 2 atom stereocenters. The summed E-state index contributed by atoms with van der Waals surface area (Å²) in [6.07, 6.45) is -0.223. The van der Waals surface area contributed by atoms with E-state index in [2.05, 4.69) is 0 Å². The van der Waals surface area contributed by atoms with Crippen LogP contribution in [0.15, 0.2) is 18.2 Å². The van der Waals surface area contributed by atoms with E-state index in [9.17, 15) is 9.90 Å². The number of ether oxygens (including phenoxy) is 1. The first-order valence-corrected chi connectivity index (χ1v) is 6.57. The van der Waals surface area contributed by atoms with Crippen molar-refractivity contribution >= 4 is 5.97 Å². The standard InChI is InChI=1S/C15H22O4/c1-4-19-14-6-5-10(2)7-12(14)13(16)8-11(3)9-15(17)18/h5-7,11,13,16H,4,8-9H2,1-3H3,(H,17,18). The van der Waals surface area contributed by atoms with Crippen LogP contribution in [0.5, 0.6) is 5.75 Å². The topological polar surface area (TPSA) is 66.8 Å².